The molecular weight excluding hydrogens is 354 g/mol. The molecule has 148 valence electrons. The van der Waals surface area contributed by atoms with E-state index in [-0.39, 0.29) is 11.5 Å². The van der Waals surface area contributed by atoms with Gasteiger partial charge < -0.3 is 9.64 Å². The van der Waals surface area contributed by atoms with Gasteiger partial charge in [-0.25, -0.2) is 4.68 Å². The fraction of sp³-hybridized carbons (Fsp3) is 0.500. The van der Waals surface area contributed by atoms with Crippen molar-refractivity contribution in [1.82, 2.24) is 14.7 Å². The Labute approximate surface area is 165 Å². The molecule has 0 bridgehead atoms. The third kappa shape index (κ3) is 3.81. The van der Waals surface area contributed by atoms with Crippen molar-refractivity contribution in [2.75, 3.05) is 20.2 Å². The zero-order chi connectivity index (χ0) is 19.5. The van der Waals surface area contributed by atoms with Crippen LogP contribution in [-0.4, -0.2) is 40.8 Å². The van der Waals surface area contributed by atoms with E-state index in [1.54, 1.807) is 17.9 Å². The number of rotatable bonds is 4. The first-order valence-corrected chi connectivity index (χ1v) is 10.2. The van der Waals surface area contributed by atoms with Crippen LogP contribution in [0.1, 0.15) is 47.3 Å². The third-order valence-electron chi connectivity index (χ3n) is 5.94. The summed E-state index contributed by atoms with van der Waals surface area (Å²) >= 11 is 0. The van der Waals surface area contributed by atoms with Gasteiger partial charge in [-0.2, -0.15) is 5.10 Å². The Bertz CT molecular complexity index is 913. The van der Waals surface area contributed by atoms with Crippen LogP contribution in [0, 0.1) is 5.92 Å². The number of aromatic nitrogens is 2. The molecule has 1 fully saturated rings. The molecular formula is C22H27N3O3. The number of ether oxygens (including phenoxy) is 1. The molecule has 2 heterocycles. The van der Waals surface area contributed by atoms with Crippen LogP contribution < -0.4 is 10.3 Å². The summed E-state index contributed by atoms with van der Waals surface area (Å²) in [4.78, 5) is 27.1. The Morgan fingerprint density at radius 3 is 2.71 bits per heavy atom. The van der Waals surface area contributed by atoms with Crippen LogP contribution in [0.3, 0.4) is 0 Å². The summed E-state index contributed by atoms with van der Waals surface area (Å²) in [6, 6.07) is 9.13. The quantitative estimate of drug-likeness (QED) is 0.817. The lowest BCUT2D eigenvalue weighted by molar-refractivity contribution is 0.0677. The molecule has 4 rings (SSSR count). The normalized spacial score (nSPS) is 17.2. The van der Waals surface area contributed by atoms with Gasteiger partial charge in [-0.05, 0) is 62.1 Å². The average Bonchev–Trinajstić information content (AvgIpc) is 2.74. The number of methoxy groups -OCH3 is 1. The van der Waals surface area contributed by atoms with Crippen molar-refractivity contribution < 1.29 is 9.53 Å². The number of aryl methyl sites for hydroxylation is 2. The Morgan fingerprint density at radius 1 is 1.18 bits per heavy atom. The maximum Gasteiger partial charge on any atom is 0.267 e. The first-order chi connectivity index (χ1) is 13.7. The van der Waals surface area contributed by atoms with E-state index in [0.29, 0.717) is 36.9 Å². The summed E-state index contributed by atoms with van der Waals surface area (Å²) in [5.74, 6) is 0.993. The van der Waals surface area contributed by atoms with E-state index < -0.39 is 0 Å². The molecule has 2 aliphatic rings. The van der Waals surface area contributed by atoms with E-state index in [1.807, 2.05) is 29.2 Å². The summed E-state index contributed by atoms with van der Waals surface area (Å²) in [5.41, 5.74) is 2.84. The molecule has 28 heavy (non-hydrogen) atoms. The smallest absolute Gasteiger partial charge is 0.267 e. The van der Waals surface area contributed by atoms with Crippen molar-refractivity contribution in [3.63, 3.8) is 0 Å². The van der Waals surface area contributed by atoms with Crippen molar-refractivity contribution >= 4 is 5.91 Å². The van der Waals surface area contributed by atoms with E-state index in [0.717, 1.165) is 49.8 Å². The second-order valence-corrected chi connectivity index (χ2v) is 7.78. The van der Waals surface area contributed by atoms with E-state index in [9.17, 15) is 9.59 Å². The molecule has 0 unspecified atom stereocenters. The maximum absolute atomic E-state index is 12.8. The summed E-state index contributed by atoms with van der Waals surface area (Å²) in [6.45, 7) is 2.03. The fourth-order valence-electron chi connectivity index (χ4n) is 4.29. The minimum atomic E-state index is 0.00757. The van der Waals surface area contributed by atoms with Crippen molar-refractivity contribution in [1.29, 1.82) is 0 Å². The number of carbonyl (C=O) groups is 1. The summed E-state index contributed by atoms with van der Waals surface area (Å²) in [6.07, 6.45) is 6.01. The molecule has 1 aliphatic carbocycles. The van der Waals surface area contributed by atoms with Gasteiger partial charge >= 0.3 is 0 Å². The number of likely N-dealkylation sites (tertiary alicyclic amines) is 1. The molecule has 1 amide bonds. The van der Waals surface area contributed by atoms with Crippen LogP contribution in [0.2, 0.25) is 0 Å². The van der Waals surface area contributed by atoms with Crippen LogP contribution in [0.5, 0.6) is 5.75 Å². The predicted molar refractivity (Wildman–Crippen MR) is 107 cm³/mol. The molecule has 0 saturated carbocycles. The Kier molecular flexibility index (Phi) is 5.46. The molecule has 0 radical (unpaired) electrons. The number of hydrogen-bond donors (Lipinski definition) is 0. The molecule has 6 heteroatoms. The topological polar surface area (TPSA) is 64.4 Å². The highest BCUT2D eigenvalue weighted by molar-refractivity contribution is 5.97. The molecule has 1 aromatic carbocycles. The number of carbonyl (C=O) groups excluding carboxylic acids is 1. The Balaban J connectivity index is 1.39. The Morgan fingerprint density at radius 2 is 1.93 bits per heavy atom. The van der Waals surface area contributed by atoms with Crippen molar-refractivity contribution in [2.45, 2.75) is 45.1 Å². The molecule has 1 saturated heterocycles. The zero-order valence-corrected chi connectivity index (χ0v) is 16.4. The van der Waals surface area contributed by atoms with Gasteiger partial charge in [0.05, 0.1) is 18.4 Å². The van der Waals surface area contributed by atoms with Crippen LogP contribution in [0.25, 0.3) is 0 Å². The molecule has 1 aliphatic heterocycles. The first-order valence-electron chi connectivity index (χ1n) is 10.2. The number of piperidine rings is 1. The summed E-state index contributed by atoms with van der Waals surface area (Å²) < 4.78 is 6.97. The minimum absolute atomic E-state index is 0.00757. The SMILES string of the molecule is COc1ccccc1C(=O)N1CCC(Cn2nc3c(cc2=O)CCCC3)CC1. The average molecular weight is 381 g/mol. The first kappa shape index (κ1) is 18.7. The highest BCUT2D eigenvalue weighted by Gasteiger charge is 2.26. The predicted octanol–water partition coefficient (Wildman–Crippen LogP) is 2.68. The molecule has 0 spiro atoms. The molecule has 0 N–H and O–H groups in total. The zero-order valence-electron chi connectivity index (χ0n) is 16.4. The number of hydrogen-bond acceptors (Lipinski definition) is 4. The van der Waals surface area contributed by atoms with Crippen molar-refractivity contribution in [3.8, 4) is 5.75 Å². The number of nitrogens with zero attached hydrogens (tertiary/aromatic N) is 3. The molecule has 2 aromatic rings. The highest BCUT2D eigenvalue weighted by atomic mass is 16.5. The maximum atomic E-state index is 12.8. The van der Waals surface area contributed by atoms with Gasteiger partial charge in [-0.3, -0.25) is 9.59 Å². The van der Waals surface area contributed by atoms with Gasteiger partial charge in [0.1, 0.15) is 5.75 Å². The van der Waals surface area contributed by atoms with Gasteiger partial charge in [-0.1, -0.05) is 12.1 Å². The van der Waals surface area contributed by atoms with E-state index in [4.69, 9.17) is 4.74 Å². The number of fused-ring (bicyclic) bond motifs is 1. The van der Waals surface area contributed by atoms with Crippen LogP contribution >= 0.6 is 0 Å². The van der Waals surface area contributed by atoms with Crippen molar-refractivity contribution in [3.05, 3.63) is 57.5 Å². The largest absolute Gasteiger partial charge is 0.496 e. The van der Waals surface area contributed by atoms with Crippen LogP contribution in [-0.2, 0) is 19.4 Å². The van der Waals surface area contributed by atoms with Gasteiger partial charge in [0.15, 0.2) is 0 Å². The lowest BCUT2D eigenvalue weighted by Crippen LogP contribution is -2.40. The molecule has 6 nitrogen and oxygen atoms in total. The van der Waals surface area contributed by atoms with Gasteiger partial charge in [-0.15, -0.1) is 0 Å². The van der Waals surface area contributed by atoms with Gasteiger partial charge in [0.2, 0.25) is 0 Å². The Hall–Kier alpha value is -2.63. The fourth-order valence-corrected chi connectivity index (χ4v) is 4.29. The second kappa shape index (κ2) is 8.17. The molecule has 0 atom stereocenters. The highest BCUT2D eigenvalue weighted by Crippen LogP contribution is 2.24. The van der Waals surface area contributed by atoms with E-state index in [2.05, 4.69) is 5.10 Å². The van der Waals surface area contributed by atoms with Gasteiger partial charge in [0, 0.05) is 25.7 Å². The molecule has 1 aromatic heterocycles. The van der Waals surface area contributed by atoms with Crippen LogP contribution in [0.4, 0.5) is 0 Å². The lowest BCUT2D eigenvalue weighted by atomic mass is 9.95. The van der Waals surface area contributed by atoms with Crippen LogP contribution in [0.15, 0.2) is 35.1 Å². The van der Waals surface area contributed by atoms with E-state index in [1.165, 1.54) is 0 Å². The monoisotopic (exact) mass is 381 g/mol. The minimum Gasteiger partial charge on any atom is -0.496 e. The van der Waals surface area contributed by atoms with Crippen molar-refractivity contribution in [2.24, 2.45) is 5.92 Å². The number of para-hydroxylation sites is 1. The summed E-state index contributed by atoms with van der Waals surface area (Å²) in [5, 5.41) is 4.64. The van der Waals surface area contributed by atoms with E-state index >= 15 is 0 Å². The lowest BCUT2D eigenvalue weighted by Gasteiger charge is -2.32. The summed E-state index contributed by atoms with van der Waals surface area (Å²) in [7, 11) is 1.58. The second-order valence-electron chi connectivity index (χ2n) is 7.78. The standard InChI is InChI=1S/C22H27N3O3/c1-28-20-9-5-3-7-18(20)22(27)24-12-10-16(11-13-24)15-25-21(26)14-17-6-2-4-8-19(17)23-25/h3,5,7,9,14,16H,2,4,6,8,10-13,15H2,1H3. The number of benzene rings is 1. The number of amides is 1. The van der Waals surface area contributed by atoms with Gasteiger partial charge in [0.25, 0.3) is 11.5 Å². The third-order valence-corrected chi connectivity index (χ3v) is 5.94.